The average molecular weight is 938 g/mol. The van der Waals surface area contributed by atoms with Gasteiger partial charge in [-0.15, -0.1) is 0 Å². The topological polar surface area (TPSA) is 36.1 Å². The Balaban J connectivity index is 0.000000126. The molecule has 0 fully saturated rings. The average Bonchev–Trinajstić information content (AvgIpc) is 3.47. The van der Waals surface area contributed by atoms with E-state index in [0.29, 0.717) is 0 Å². The highest BCUT2D eigenvalue weighted by molar-refractivity contribution is 5.87. The van der Waals surface area contributed by atoms with Crippen molar-refractivity contribution in [2.45, 2.75) is 0 Å². The predicted octanol–water partition coefficient (Wildman–Crippen LogP) is 19.8. The number of nitrogens with one attached hydrogen (secondary N) is 3. The van der Waals surface area contributed by atoms with Crippen LogP contribution in [0.2, 0.25) is 0 Å². The quantitative estimate of drug-likeness (QED) is 0.121. The summed E-state index contributed by atoms with van der Waals surface area (Å²) in [4.78, 5) is 0. The highest BCUT2D eigenvalue weighted by atomic mass is 14.9. The van der Waals surface area contributed by atoms with E-state index in [2.05, 4.69) is 301 Å². The first kappa shape index (κ1) is 47.0. The van der Waals surface area contributed by atoms with Gasteiger partial charge in [0.05, 0.1) is 0 Å². The van der Waals surface area contributed by atoms with Crippen molar-refractivity contribution in [3.8, 4) is 55.6 Å². The summed E-state index contributed by atoms with van der Waals surface area (Å²) >= 11 is 0. The van der Waals surface area contributed by atoms with Crippen LogP contribution >= 0.6 is 0 Å². The largest absolute Gasteiger partial charge is 0.356 e. The Morgan fingerprint density at radius 1 is 0.137 bits per heavy atom. The first-order valence-corrected chi connectivity index (χ1v) is 24.7. The highest BCUT2D eigenvalue weighted by Gasteiger charge is 2.04. The minimum atomic E-state index is 1.09. The summed E-state index contributed by atoms with van der Waals surface area (Å²) in [6, 6.07) is 110. The Morgan fingerprint density at radius 2 is 0.384 bits per heavy atom. The van der Waals surface area contributed by atoms with Gasteiger partial charge < -0.3 is 16.0 Å². The van der Waals surface area contributed by atoms with E-state index in [1.165, 1.54) is 66.4 Å². The van der Waals surface area contributed by atoms with Crippen LogP contribution in [0, 0.1) is 0 Å². The van der Waals surface area contributed by atoms with Crippen molar-refractivity contribution in [1.82, 2.24) is 0 Å². The predicted molar refractivity (Wildman–Crippen MR) is 313 cm³/mol. The lowest BCUT2D eigenvalue weighted by molar-refractivity contribution is 1.53. The molecule has 0 aromatic heterocycles. The number of benzene rings is 12. The number of rotatable bonds is 11. The summed E-state index contributed by atoms with van der Waals surface area (Å²) in [6.07, 6.45) is 0. The maximum Gasteiger partial charge on any atom is 0.0390 e. The van der Waals surface area contributed by atoms with Crippen LogP contribution in [0.3, 0.4) is 0 Å². The van der Waals surface area contributed by atoms with Gasteiger partial charge in [-0.1, -0.05) is 243 Å². The summed E-state index contributed by atoms with van der Waals surface area (Å²) in [6.45, 7) is 0. The Labute approximate surface area is 429 Å². The molecule has 0 spiro atoms. The van der Waals surface area contributed by atoms with Crippen LogP contribution in [-0.4, -0.2) is 0 Å². The van der Waals surface area contributed by atoms with E-state index in [1.807, 2.05) is 30.3 Å². The number of fused-ring (bicyclic) bond motifs is 1. The first-order valence-electron chi connectivity index (χ1n) is 24.7. The molecule has 0 aliphatic heterocycles. The fraction of sp³-hybridized carbons (Fsp3) is 0. The minimum Gasteiger partial charge on any atom is -0.356 e. The highest BCUT2D eigenvalue weighted by Crippen LogP contribution is 2.30. The molecular formula is C70H55N3. The lowest BCUT2D eigenvalue weighted by Crippen LogP contribution is -1.90. The van der Waals surface area contributed by atoms with Gasteiger partial charge in [-0.2, -0.15) is 0 Å². The van der Waals surface area contributed by atoms with Crippen molar-refractivity contribution in [2.75, 3.05) is 16.0 Å². The van der Waals surface area contributed by atoms with Gasteiger partial charge >= 0.3 is 0 Å². The van der Waals surface area contributed by atoms with Gasteiger partial charge in [0.1, 0.15) is 0 Å². The molecule has 0 aliphatic carbocycles. The molecule has 0 unspecified atom stereocenters. The van der Waals surface area contributed by atoms with Crippen molar-refractivity contribution in [2.24, 2.45) is 0 Å². The van der Waals surface area contributed by atoms with E-state index in [9.17, 15) is 0 Å². The van der Waals surface area contributed by atoms with Crippen LogP contribution < -0.4 is 16.0 Å². The third-order valence-corrected chi connectivity index (χ3v) is 12.5. The Kier molecular flexibility index (Phi) is 15.3. The van der Waals surface area contributed by atoms with Crippen molar-refractivity contribution in [3.63, 3.8) is 0 Å². The Morgan fingerprint density at radius 3 is 0.753 bits per heavy atom. The molecule has 350 valence electrons. The molecule has 12 aromatic rings. The summed E-state index contributed by atoms with van der Waals surface area (Å²) in [5.74, 6) is 0. The van der Waals surface area contributed by atoms with E-state index in [1.54, 1.807) is 0 Å². The summed E-state index contributed by atoms with van der Waals surface area (Å²) in [7, 11) is 0. The Bertz CT molecular complexity index is 3500. The van der Waals surface area contributed by atoms with Gasteiger partial charge in [0.2, 0.25) is 0 Å². The van der Waals surface area contributed by atoms with Crippen molar-refractivity contribution < 1.29 is 0 Å². The van der Waals surface area contributed by atoms with Crippen LogP contribution in [-0.2, 0) is 0 Å². The molecule has 3 nitrogen and oxygen atoms in total. The molecule has 0 atom stereocenters. The zero-order valence-corrected chi connectivity index (χ0v) is 40.5. The van der Waals surface area contributed by atoms with Gasteiger partial charge in [0, 0.05) is 34.1 Å². The van der Waals surface area contributed by atoms with Gasteiger partial charge in [-0.05, 0) is 139 Å². The SMILES string of the molecule is c1ccc(-c2ccc(Nc3ccc(-c4ccccc4)cc3)cc2)cc1.c1ccc(-c2ccc(Nc3cccc(-c4ccccc4)c3)cc2)cc1.c1ccc(-c2cccc(Nc3ccc4ccccc4c3)c2)cc1. The molecule has 0 saturated heterocycles. The zero-order valence-electron chi connectivity index (χ0n) is 40.5. The van der Waals surface area contributed by atoms with Gasteiger partial charge in [-0.25, -0.2) is 0 Å². The molecule has 0 radical (unpaired) electrons. The summed E-state index contributed by atoms with van der Waals surface area (Å²) < 4.78 is 0. The van der Waals surface area contributed by atoms with E-state index in [-0.39, 0.29) is 0 Å². The number of anilines is 6. The molecular weight excluding hydrogens is 883 g/mol. The van der Waals surface area contributed by atoms with Gasteiger partial charge in [0.15, 0.2) is 0 Å². The van der Waals surface area contributed by atoms with E-state index in [0.717, 1.165) is 34.1 Å². The van der Waals surface area contributed by atoms with Crippen LogP contribution in [0.1, 0.15) is 0 Å². The molecule has 0 bridgehead atoms. The third-order valence-electron chi connectivity index (χ3n) is 12.5. The molecule has 0 amide bonds. The van der Waals surface area contributed by atoms with E-state index in [4.69, 9.17) is 0 Å². The minimum absolute atomic E-state index is 1.09. The zero-order chi connectivity index (χ0) is 49.3. The molecule has 0 saturated carbocycles. The molecule has 73 heavy (non-hydrogen) atoms. The fourth-order valence-electron chi connectivity index (χ4n) is 8.71. The molecule has 12 rings (SSSR count). The van der Waals surface area contributed by atoms with Crippen LogP contribution in [0.4, 0.5) is 34.1 Å². The lowest BCUT2D eigenvalue weighted by Gasteiger charge is -2.10. The second-order valence-electron chi connectivity index (χ2n) is 17.7. The normalized spacial score (nSPS) is 10.5. The van der Waals surface area contributed by atoms with Crippen LogP contribution in [0.15, 0.2) is 315 Å². The molecule has 3 heteroatoms. The van der Waals surface area contributed by atoms with Crippen LogP contribution in [0.25, 0.3) is 66.4 Å². The summed E-state index contributed by atoms with van der Waals surface area (Å²) in [5, 5.41) is 13.0. The molecule has 12 aromatic carbocycles. The second kappa shape index (κ2) is 23.7. The maximum atomic E-state index is 3.51. The molecule has 3 N–H and O–H groups in total. The summed E-state index contributed by atoms with van der Waals surface area (Å²) in [5.41, 5.74) is 18.8. The standard InChI is InChI=1S/2C24H19N.C22H17N/c1-3-8-19(9-4-1)21-14-16-23(17-15-21)25-24-13-7-12-22(18-24)20-10-5-2-6-11-20;1-3-7-19(8-4-1)21-11-15-23(16-12-21)25-24-17-13-22(14-18-24)20-9-5-2-6-10-20;1-2-7-17(8-3-1)20-11-6-12-21(15-20)23-22-14-13-18-9-4-5-10-19(18)16-22/h2*1-18,25H;1-16,23H. The lowest BCUT2D eigenvalue weighted by atomic mass is 10.0. The molecule has 0 aliphatic rings. The third kappa shape index (κ3) is 12.9. The molecule has 0 heterocycles. The second-order valence-corrected chi connectivity index (χ2v) is 17.7. The Hall–Kier alpha value is -9.70. The van der Waals surface area contributed by atoms with Gasteiger partial charge in [0.25, 0.3) is 0 Å². The monoisotopic (exact) mass is 937 g/mol. The van der Waals surface area contributed by atoms with Crippen LogP contribution in [0.5, 0.6) is 0 Å². The smallest absolute Gasteiger partial charge is 0.0390 e. The van der Waals surface area contributed by atoms with Crippen molar-refractivity contribution >= 4 is 44.9 Å². The maximum absolute atomic E-state index is 3.51. The number of hydrogen-bond acceptors (Lipinski definition) is 3. The number of hydrogen-bond donors (Lipinski definition) is 3. The first-order chi connectivity index (χ1) is 36.1. The van der Waals surface area contributed by atoms with E-state index < -0.39 is 0 Å². The van der Waals surface area contributed by atoms with Crippen molar-refractivity contribution in [1.29, 1.82) is 0 Å². The van der Waals surface area contributed by atoms with Gasteiger partial charge in [-0.3, -0.25) is 0 Å². The van der Waals surface area contributed by atoms with E-state index >= 15 is 0 Å². The fourth-order valence-corrected chi connectivity index (χ4v) is 8.71. The van der Waals surface area contributed by atoms with Crippen molar-refractivity contribution in [3.05, 3.63) is 315 Å².